The maximum atomic E-state index is 14.4. The van der Waals surface area contributed by atoms with E-state index in [1.54, 1.807) is 72.8 Å². The number of hydrogen-bond donors (Lipinski definition) is 2. The first-order chi connectivity index (χ1) is 23.8. The Bertz CT molecular complexity index is 2190. The number of carbonyl (C=O) groups excluding carboxylic acids is 2. The molecule has 0 saturated carbocycles. The van der Waals surface area contributed by atoms with E-state index in [0.29, 0.717) is 22.4 Å². The van der Waals surface area contributed by atoms with E-state index < -0.39 is 46.2 Å². The van der Waals surface area contributed by atoms with Gasteiger partial charge in [0.15, 0.2) is 15.5 Å². The quantitative estimate of drug-likeness (QED) is 0.203. The second-order valence-electron chi connectivity index (χ2n) is 11.6. The zero-order valence-corrected chi connectivity index (χ0v) is 27.6. The van der Waals surface area contributed by atoms with Gasteiger partial charge in [0.2, 0.25) is 0 Å². The van der Waals surface area contributed by atoms with Crippen LogP contribution in [0.1, 0.15) is 43.7 Å². The van der Waals surface area contributed by atoms with E-state index >= 15 is 0 Å². The van der Waals surface area contributed by atoms with Crippen LogP contribution in [-0.4, -0.2) is 61.6 Å². The molecule has 258 valence electrons. The number of anilines is 1. The zero-order chi connectivity index (χ0) is 35.8. The van der Waals surface area contributed by atoms with Crippen molar-refractivity contribution < 1.29 is 41.0 Å². The van der Waals surface area contributed by atoms with Crippen LogP contribution in [0.2, 0.25) is 0 Å². The van der Waals surface area contributed by atoms with Gasteiger partial charge in [-0.1, -0.05) is 60.7 Å². The lowest BCUT2D eigenvalue weighted by Gasteiger charge is -2.28. The Balaban J connectivity index is 1.42. The summed E-state index contributed by atoms with van der Waals surface area (Å²) in [6.07, 6.45) is -3.99. The molecule has 14 heteroatoms. The fourth-order valence-corrected chi connectivity index (χ4v) is 6.93. The third-order valence-electron chi connectivity index (χ3n) is 8.43. The van der Waals surface area contributed by atoms with Crippen LogP contribution >= 0.6 is 0 Å². The van der Waals surface area contributed by atoms with Gasteiger partial charge in [0, 0.05) is 29.6 Å². The van der Waals surface area contributed by atoms with Gasteiger partial charge in [0.1, 0.15) is 11.4 Å². The molecule has 0 fully saturated rings. The average molecular weight is 705 g/mol. The lowest BCUT2D eigenvalue weighted by Crippen LogP contribution is -2.39. The second-order valence-corrected chi connectivity index (χ2v) is 13.6. The number of alkyl halides is 3. The maximum Gasteiger partial charge on any atom is 0.435 e. The van der Waals surface area contributed by atoms with E-state index in [1.807, 2.05) is 0 Å². The number of nitrogens with one attached hydrogen (secondary N) is 1. The van der Waals surface area contributed by atoms with Crippen LogP contribution in [0.5, 0.6) is 5.75 Å². The Morgan fingerprint density at radius 3 is 2.32 bits per heavy atom. The molecule has 0 unspecified atom stereocenters. The molecule has 50 heavy (non-hydrogen) atoms. The monoisotopic (exact) mass is 704 g/mol. The smallest absolute Gasteiger partial charge is 0.435 e. The van der Waals surface area contributed by atoms with Gasteiger partial charge in [0.05, 0.1) is 35.9 Å². The van der Waals surface area contributed by atoms with Crippen molar-refractivity contribution >= 4 is 27.3 Å². The summed E-state index contributed by atoms with van der Waals surface area (Å²) in [6, 6.07) is 24.8. The maximum absolute atomic E-state index is 14.4. The normalized spacial score (nSPS) is 13.9. The second kappa shape index (κ2) is 13.4. The van der Waals surface area contributed by atoms with E-state index in [9.17, 15) is 36.3 Å². The van der Waals surface area contributed by atoms with Crippen LogP contribution in [0.15, 0.2) is 102 Å². The molecule has 0 spiro atoms. The van der Waals surface area contributed by atoms with Crippen LogP contribution in [0.3, 0.4) is 0 Å². The lowest BCUT2D eigenvalue weighted by atomic mass is 10.0. The van der Waals surface area contributed by atoms with Crippen LogP contribution < -0.4 is 15.0 Å². The molecule has 0 radical (unpaired) electrons. The van der Waals surface area contributed by atoms with Gasteiger partial charge >= 0.3 is 6.18 Å². The number of methoxy groups -OCH3 is 1. The molecule has 2 heterocycles. The van der Waals surface area contributed by atoms with Crippen molar-refractivity contribution in [1.82, 2.24) is 15.1 Å². The van der Waals surface area contributed by atoms with E-state index in [2.05, 4.69) is 10.4 Å². The molecule has 0 saturated heterocycles. The Hall–Kier alpha value is -5.47. The largest absolute Gasteiger partial charge is 0.497 e. The van der Waals surface area contributed by atoms with Crippen LogP contribution in [0.4, 0.5) is 18.9 Å². The number of rotatable bonds is 9. The molecule has 0 bridgehead atoms. The highest BCUT2D eigenvalue weighted by atomic mass is 32.2. The van der Waals surface area contributed by atoms with Gasteiger partial charge in [-0.15, -0.1) is 0 Å². The molecule has 4 aromatic carbocycles. The SMILES string of the molecule is COc1ccc(-n2nc(C(F)(F)F)c3c2C(=O)N(c2ccc(-c4ccccc4S(C)(=O)=O)cc2)CC3)c(C(=O)N[C@@H](CO)c2ccccc2)c1. The first-order valence-corrected chi connectivity index (χ1v) is 17.3. The summed E-state index contributed by atoms with van der Waals surface area (Å²) in [5, 5.41) is 16.6. The van der Waals surface area contributed by atoms with Gasteiger partial charge < -0.3 is 20.1 Å². The van der Waals surface area contributed by atoms with E-state index in [-0.39, 0.29) is 46.1 Å². The van der Waals surface area contributed by atoms with Crippen molar-refractivity contribution in [2.24, 2.45) is 0 Å². The lowest BCUT2D eigenvalue weighted by molar-refractivity contribution is -0.141. The predicted molar refractivity (Wildman–Crippen MR) is 179 cm³/mol. The minimum Gasteiger partial charge on any atom is -0.497 e. The predicted octanol–water partition coefficient (Wildman–Crippen LogP) is 5.64. The van der Waals surface area contributed by atoms with Crippen molar-refractivity contribution in [3.05, 3.63) is 125 Å². The number of aromatic nitrogens is 2. The number of fused-ring (bicyclic) bond motifs is 1. The summed E-state index contributed by atoms with van der Waals surface area (Å²) in [6.45, 7) is -0.554. The summed E-state index contributed by atoms with van der Waals surface area (Å²) in [5.41, 5.74) is -0.179. The van der Waals surface area contributed by atoms with Gasteiger partial charge in [-0.2, -0.15) is 18.3 Å². The molecule has 2 N–H and O–H groups in total. The molecule has 0 aliphatic carbocycles. The topological polar surface area (TPSA) is 131 Å². The summed E-state index contributed by atoms with van der Waals surface area (Å²) in [5.74, 6) is -1.30. The number of halogens is 3. The van der Waals surface area contributed by atoms with Crippen LogP contribution in [0, 0.1) is 0 Å². The van der Waals surface area contributed by atoms with Crippen molar-refractivity contribution in [1.29, 1.82) is 0 Å². The Kier molecular flexibility index (Phi) is 9.25. The minimum atomic E-state index is -4.91. The first-order valence-electron chi connectivity index (χ1n) is 15.4. The number of aliphatic hydroxyl groups excluding tert-OH is 1. The molecule has 6 rings (SSSR count). The van der Waals surface area contributed by atoms with Crippen LogP contribution in [0.25, 0.3) is 16.8 Å². The number of aliphatic hydroxyl groups is 1. The summed E-state index contributed by atoms with van der Waals surface area (Å²) >= 11 is 0. The first kappa shape index (κ1) is 34.4. The van der Waals surface area contributed by atoms with Gasteiger partial charge in [0.25, 0.3) is 11.8 Å². The number of nitrogens with zero attached hydrogens (tertiary/aromatic N) is 3. The molecular formula is C36H31F3N4O6S. The van der Waals surface area contributed by atoms with Crippen molar-refractivity contribution in [2.75, 3.05) is 31.4 Å². The molecular weight excluding hydrogens is 673 g/mol. The highest BCUT2D eigenvalue weighted by Gasteiger charge is 2.44. The Labute approximate surface area is 285 Å². The average Bonchev–Trinajstić information content (AvgIpc) is 3.52. The van der Waals surface area contributed by atoms with Crippen molar-refractivity contribution in [2.45, 2.75) is 23.5 Å². The standard InChI is InChI=1S/C36H31F3N4O6S/c1-49-25-16-17-30(28(20-25)34(45)40-29(21-44)23-8-4-3-5-9-23)43-32-27(33(41-43)36(37,38)39)18-19-42(35(32)46)24-14-12-22(13-15-24)26-10-6-7-11-31(26)50(2,47)48/h3-17,20,29,44H,18-19,21H2,1-2H3,(H,40,45)/t29-/m0/s1. The highest BCUT2D eigenvalue weighted by molar-refractivity contribution is 7.90. The van der Waals surface area contributed by atoms with E-state index in [0.717, 1.165) is 10.9 Å². The molecule has 1 atom stereocenters. The van der Waals surface area contributed by atoms with Crippen LogP contribution in [-0.2, 0) is 22.4 Å². The Morgan fingerprint density at radius 1 is 1.00 bits per heavy atom. The number of carbonyl (C=O) groups is 2. The number of benzene rings is 4. The number of sulfone groups is 1. The van der Waals surface area contributed by atoms with E-state index in [4.69, 9.17) is 4.74 Å². The van der Waals surface area contributed by atoms with Gasteiger partial charge in [-0.25, -0.2) is 13.1 Å². The molecule has 5 aromatic rings. The van der Waals surface area contributed by atoms with Gasteiger partial charge in [-0.3, -0.25) is 9.59 Å². The van der Waals surface area contributed by atoms with E-state index in [1.165, 1.54) is 36.3 Å². The summed E-state index contributed by atoms with van der Waals surface area (Å²) in [7, 11) is -2.18. The molecule has 1 aromatic heterocycles. The number of ether oxygens (including phenoxy) is 1. The fraction of sp³-hybridized carbons (Fsp3) is 0.194. The fourth-order valence-electron chi connectivity index (χ4n) is 6.02. The minimum absolute atomic E-state index is 0.0922. The molecule has 1 aliphatic rings. The number of hydrogen-bond acceptors (Lipinski definition) is 7. The zero-order valence-electron chi connectivity index (χ0n) is 26.8. The third-order valence-corrected chi connectivity index (χ3v) is 9.58. The summed E-state index contributed by atoms with van der Waals surface area (Å²) < 4.78 is 74.0. The van der Waals surface area contributed by atoms with Crippen molar-refractivity contribution in [3.63, 3.8) is 0 Å². The third kappa shape index (κ3) is 6.59. The van der Waals surface area contributed by atoms with Crippen molar-refractivity contribution in [3.8, 4) is 22.6 Å². The Morgan fingerprint density at radius 2 is 1.68 bits per heavy atom. The molecule has 1 aliphatic heterocycles. The van der Waals surface area contributed by atoms with Gasteiger partial charge in [-0.05, 0) is 53.9 Å². The summed E-state index contributed by atoms with van der Waals surface area (Å²) in [4.78, 5) is 29.4. The molecule has 2 amide bonds. The number of amides is 2. The highest BCUT2D eigenvalue weighted by Crippen LogP contribution is 2.38. The molecule has 10 nitrogen and oxygen atoms in total.